The largest absolute Gasteiger partial charge is 0.312 e. The van der Waals surface area contributed by atoms with E-state index in [9.17, 15) is 0 Å². The number of rotatable bonds is 4. The summed E-state index contributed by atoms with van der Waals surface area (Å²) in [5, 5.41) is 5.54. The standard InChI is InChI=1S/C12H13BrN2/c13-6-8-14-9-11-4-1-3-10-5-2-7-15-12(10)11/h1-5,7,14H,6,8-9H2. The Morgan fingerprint density at radius 3 is 2.93 bits per heavy atom. The summed E-state index contributed by atoms with van der Waals surface area (Å²) in [6, 6.07) is 10.4. The minimum atomic E-state index is 0.875. The molecule has 0 amide bonds. The van der Waals surface area contributed by atoms with Gasteiger partial charge < -0.3 is 5.32 Å². The summed E-state index contributed by atoms with van der Waals surface area (Å²) < 4.78 is 0. The van der Waals surface area contributed by atoms with Crippen LogP contribution in [0.15, 0.2) is 36.5 Å². The van der Waals surface area contributed by atoms with Gasteiger partial charge in [0.25, 0.3) is 0 Å². The van der Waals surface area contributed by atoms with Crippen LogP contribution in [-0.4, -0.2) is 16.9 Å². The highest BCUT2D eigenvalue weighted by molar-refractivity contribution is 9.09. The summed E-state index contributed by atoms with van der Waals surface area (Å²) in [5.74, 6) is 0. The van der Waals surface area contributed by atoms with Crippen molar-refractivity contribution < 1.29 is 0 Å². The number of hydrogen-bond donors (Lipinski definition) is 1. The fraction of sp³-hybridized carbons (Fsp3) is 0.250. The molecule has 2 nitrogen and oxygen atoms in total. The molecule has 0 aliphatic heterocycles. The Hall–Kier alpha value is -0.930. The van der Waals surface area contributed by atoms with Gasteiger partial charge in [-0.25, -0.2) is 0 Å². The summed E-state index contributed by atoms with van der Waals surface area (Å²) in [6.45, 7) is 1.85. The first-order valence-corrected chi connectivity index (χ1v) is 6.13. The van der Waals surface area contributed by atoms with E-state index in [2.05, 4.69) is 50.5 Å². The van der Waals surface area contributed by atoms with Crippen molar-refractivity contribution >= 4 is 26.8 Å². The van der Waals surface area contributed by atoms with E-state index >= 15 is 0 Å². The lowest BCUT2D eigenvalue weighted by Gasteiger charge is -2.05. The number of aromatic nitrogens is 1. The molecule has 1 aromatic carbocycles. The topological polar surface area (TPSA) is 24.9 Å². The van der Waals surface area contributed by atoms with Gasteiger partial charge in [-0.15, -0.1) is 0 Å². The number of pyridine rings is 1. The van der Waals surface area contributed by atoms with E-state index in [0.29, 0.717) is 0 Å². The second-order valence-corrected chi connectivity index (χ2v) is 4.15. The summed E-state index contributed by atoms with van der Waals surface area (Å²) >= 11 is 3.39. The van der Waals surface area contributed by atoms with E-state index in [1.54, 1.807) is 0 Å². The number of para-hydroxylation sites is 1. The monoisotopic (exact) mass is 264 g/mol. The van der Waals surface area contributed by atoms with Gasteiger partial charge >= 0.3 is 0 Å². The third-order valence-electron chi connectivity index (χ3n) is 2.30. The molecule has 1 aromatic heterocycles. The van der Waals surface area contributed by atoms with Crippen LogP contribution in [0, 0.1) is 0 Å². The fourth-order valence-electron chi connectivity index (χ4n) is 1.60. The van der Waals surface area contributed by atoms with Gasteiger partial charge in [-0.1, -0.05) is 40.2 Å². The van der Waals surface area contributed by atoms with Gasteiger partial charge in [-0.2, -0.15) is 0 Å². The Labute approximate surface area is 97.8 Å². The Balaban J connectivity index is 2.26. The molecular formula is C12H13BrN2. The first kappa shape index (κ1) is 10.6. The molecule has 0 fully saturated rings. The lowest BCUT2D eigenvalue weighted by atomic mass is 10.1. The van der Waals surface area contributed by atoms with Gasteiger partial charge in [0.05, 0.1) is 5.52 Å². The van der Waals surface area contributed by atoms with Gasteiger partial charge in [0, 0.05) is 30.0 Å². The van der Waals surface area contributed by atoms with E-state index in [1.807, 2.05) is 12.3 Å². The van der Waals surface area contributed by atoms with Crippen molar-refractivity contribution in [2.45, 2.75) is 6.54 Å². The van der Waals surface area contributed by atoms with Crippen LogP contribution < -0.4 is 5.32 Å². The highest BCUT2D eigenvalue weighted by atomic mass is 79.9. The van der Waals surface area contributed by atoms with E-state index in [1.165, 1.54) is 10.9 Å². The van der Waals surface area contributed by atoms with Crippen LogP contribution in [0.25, 0.3) is 10.9 Å². The molecule has 2 aromatic rings. The molecule has 0 saturated heterocycles. The summed E-state index contributed by atoms with van der Waals surface area (Å²) in [5.41, 5.74) is 2.36. The van der Waals surface area contributed by atoms with Crippen molar-refractivity contribution in [2.75, 3.05) is 11.9 Å². The maximum absolute atomic E-state index is 4.41. The summed E-state index contributed by atoms with van der Waals surface area (Å²) in [6.07, 6.45) is 1.84. The predicted octanol–water partition coefficient (Wildman–Crippen LogP) is 2.72. The number of halogens is 1. The molecule has 0 radical (unpaired) electrons. The highest BCUT2D eigenvalue weighted by Gasteiger charge is 2.00. The maximum Gasteiger partial charge on any atom is 0.0746 e. The first-order chi connectivity index (χ1) is 7.42. The highest BCUT2D eigenvalue weighted by Crippen LogP contribution is 2.15. The SMILES string of the molecule is BrCCNCc1cccc2cccnc12. The van der Waals surface area contributed by atoms with Crippen molar-refractivity contribution in [2.24, 2.45) is 0 Å². The Morgan fingerprint density at radius 1 is 1.20 bits per heavy atom. The first-order valence-electron chi connectivity index (χ1n) is 5.01. The normalized spacial score (nSPS) is 10.7. The minimum absolute atomic E-state index is 0.875. The van der Waals surface area contributed by atoms with Crippen LogP contribution in [0.3, 0.4) is 0 Å². The molecule has 78 valence electrons. The van der Waals surface area contributed by atoms with Gasteiger partial charge in [0.1, 0.15) is 0 Å². The van der Waals surface area contributed by atoms with Crippen LogP contribution in [0.2, 0.25) is 0 Å². The molecule has 3 heteroatoms. The van der Waals surface area contributed by atoms with Crippen molar-refractivity contribution in [1.29, 1.82) is 0 Å². The molecule has 0 aliphatic rings. The average molecular weight is 265 g/mol. The number of alkyl halides is 1. The number of nitrogens with one attached hydrogen (secondary N) is 1. The van der Waals surface area contributed by atoms with Crippen LogP contribution in [0.4, 0.5) is 0 Å². The molecule has 15 heavy (non-hydrogen) atoms. The lowest BCUT2D eigenvalue weighted by molar-refractivity contribution is 0.737. The molecule has 0 unspecified atom stereocenters. The van der Waals surface area contributed by atoms with Gasteiger partial charge in [0.2, 0.25) is 0 Å². The zero-order chi connectivity index (χ0) is 10.5. The molecule has 1 heterocycles. The van der Waals surface area contributed by atoms with Crippen LogP contribution >= 0.6 is 15.9 Å². The number of hydrogen-bond acceptors (Lipinski definition) is 2. The van der Waals surface area contributed by atoms with Crippen molar-refractivity contribution in [1.82, 2.24) is 10.3 Å². The Bertz CT molecular complexity index is 437. The lowest BCUT2D eigenvalue weighted by Crippen LogP contribution is -2.15. The van der Waals surface area contributed by atoms with Crippen molar-refractivity contribution in [3.63, 3.8) is 0 Å². The molecule has 0 saturated carbocycles. The molecule has 0 atom stereocenters. The second-order valence-electron chi connectivity index (χ2n) is 3.36. The fourth-order valence-corrected chi connectivity index (χ4v) is 1.88. The second kappa shape index (κ2) is 5.24. The molecule has 0 bridgehead atoms. The van der Waals surface area contributed by atoms with E-state index < -0.39 is 0 Å². The Morgan fingerprint density at radius 2 is 2.07 bits per heavy atom. The third kappa shape index (κ3) is 2.55. The van der Waals surface area contributed by atoms with E-state index in [4.69, 9.17) is 0 Å². The van der Waals surface area contributed by atoms with E-state index in [0.717, 1.165) is 23.9 Å². The van der Waals surface area contributed by atoms with Crippen LogP contribution in [-0.2, 0) is 6.54 Å². The van der Waals surface area contributed by atoms with Crippen LogP contribution in [0.5, 0.6) is 0 Å². The van der Waals surface area contributed by atoms with Gasteiger partial charge in [-0.05, 0) is 11.6 Å². The molecule has 2 rings (SSSR count). The smallest absolute Gasteiger partial charge is 0.0746 e. The number of nitrogens with zero attached hydrogens (tertiary/aromatic N) is 1. The summed E-state index contributed by atoms with van der Waals surface area (Å²) in [7, 11) is 0. The zero-order valence-electron chi connectivity index (χ0n) is 8.41. The predicted molar refractivity (Wildman–Crippen MR) is 67.2 cm³/mol. The quantitative estimate of drug-likeness (QED) is 0.679. The number of benzene rings is 1. The molecule has 0 aliphatic carbocycles. The average Bonchev–Trinajstić information content (AvgIpc) is 2.30. The Kier molecular flexibility index (Phi) is 3.69. The molecular weight excluding hydrogens is 252 g/mol. The zero-order valence-corrected chi connectivity index (χ0v) is 10.00. The van der Waals surface area contributed by atoms with Gasteiger partial charge in [-0.3, -0.25) is 4.98 Å². The summed E-state index contributed by atoms with van der Waals surface area (Å²) in [4.78, 5) is 4.41. The molecule has 0 spiro atoms. The van der Waals surface area contributed by atoms with Crippen molar-refractivity contribution in [3.05, 3.63) is 42.1 Å². The maximum atomic E-state index is 4.41. The third-order valence-corrected chi connectivity index (χ3v) is 2.70. The van der Waals surface area contributed by atoms with E-state index in [-0.39, 0.29) is 0 Å². The van der Waals surface area contributed by atoms with Crippen LogP contribution in [0.1, 0.15) is 5.56 Å². The van der Waals surface area contributed by atoms with Crippen molar-refractivity contribution in [3.8, 4) is 0 Å². The molecule has 1 N–H and O–H groups in total. The number of fused-ring (bicyclic) bond motifs is 1. The van der Waals surface area contributed by atoms with Gasteiger partial charge in [0.15, 0.2) is 0 Å². The minimum Gasteiger partial charge on any atom is -0.312 e.